The van der Waals surface area contributed by atoms with Gasteiger partial charge >= 0.3 is 11.7 Å². The Morgan fingerprint density at radius 2 is 1.89 bits per heavy atom. The fourth-order valence-electron chi connectivity index (χ4n) is 2.62. The molecule has 3 rings (SSSR count). The van der Waals surface area contributed by atoms with Crippen molar-refractivity contribution in [3.63, 3.8) is 0 Å². The number of aromatic carboxylic acids is 1. The fraction of sp³-hybridized carbons (Fsp3) is 0.222. The number of aryl methyl sites for hydroxylation is 2. The third-order valence-corrected chi connectivity index (χ3v) is 3.89. The van der Waals surface area contributed by atoms with Crippen LogP contribution in [0.15, 0.2) is 41.5 Å². The number of carbonyl (C=O) groups is 1. The van der Waals surface area contributed by atoms with Gasteiger partial charge in [0, 0.05) is 36.9 Å². The first-order valence-corrected chi connectivity index (χ1v) is 8.26. The molecule has 9 nitrogen and oxygen atoms in total. The minimum Gasteiger partial charge on any atom is -0.478 e. The van der Waals surface area contributed by atoms with Gasteiger partial charge in [-0.15, -0.1) is 0 Å². The zero-order valence-corrected chi connectivity index (χ0v) is 14.9. The summed E-state index contributed by atoms with van der Waals surface area (Å²) in [4.78, 5) is 39.6. The van der Waals surface area contributed by atoms with E-state index in [4.69, 9.17) is 5.11 Å². The van der Waals surface area contributed by atoms with Crippen LogP contribution in [0.1, 0.15) is 21.7 Å². The smallest absolute Gasteiger partial charge is 0.348 e. The average Bonchev–Trinajstić information content (AvgIpc) is 2.64. The van der Waals surface area contributed by atoms with Crippen LogP contribution < -0.4 is 11.0 Å². The van der Waals surface area contributed by atoms with E-state index in [1.165, 1.54) is 18.3 Å². The first kappa shape index (κ1) is 18.2. The van der Waals surface area contributed by atoms with Crippen molar-refractivity contribution in [3.8, 4) is 11.4 Å². The van der Waals surface area contributed by atoms with Crippen LogP contribution in [-0.2, 0) is 6.54 Å². The highest BCUT2D eigenvalue weighted by molar-refractivity contribution is 5.88. The van der Waals surface area contributed by atoms with E-state index in [0.29, 0.717) is 36.1 Å². The summed E-state index contributed by atoms with van der Waals surface area (Å²) in [6, 6.07) is 6.37. The van der Waals surface area contributed by atoms with E-state index < -0.39 is 5.97 Å². The molecule has 0 spiro atoms. The van der Waals surface area contributed by atoms with Gasteiger partial charge < -0.3 is 10.4 Å². The Morgan fingerprint density at radius 1 is 1.11 bits per heavy atom. The monoisotopic (exact) mass is 366 g/mol. The van der Waals surface area contributed by atoms with Crippen LogP contribution in [0.25, 0.3) is 11.4 Å². The van der Waals surface area contributed by atoms with E-state index in [9.17, 15) is 9.59 Å². The molecule has 3 aromatic rings. The van der Waals surface area contributed by atoms with E-state index >= 15 is 0 Å². The van der Waals surface area contributed by atoms with Crippen molar-refractivity contribution in [3.05, 3.63) is 64.1 Å². The van der Waals surface area contributed by atoms with E-state index in [1.54, 1.807) is 23.8 Å². The van der Waals surface area contributed by atoms with Crippen LogP contribution in [0, 0.1) is 13.8 Å². The molecule has 0 aliphatic carbocycles. The van der Waals surface area contributed by atoms with Gasteiger partial charge in [0.15, 0.2) is 0 Å². The zero-order chi connectivity index (χ0) is 19.4. The molecular weight excluding hydrogens is 348 g/mol. The number of rotatable bonds is 6. The molecule has 0 atom stereocenters. The van der Waals surface area contributed by atoms with Crippen molar-refractivity contribution in [2.24, 2.45) is 0 Å². The second-order valence-electron chi connectivity index (χ2n) is 5.90. The molecule has 0 saturated heterocycles. The third-order valence-electron chi connectivity index (χ3n) is 3.89. The standard InChI is InChI=1S/C18H18N6O3/c1-11-9-12(2)24(18(27)22-11)8-7-21-17-20-6-4-14(23-17)15-10-13(16(25)26)3-5-19-15/h3-6,9-10H,7-8H2,1-2H3,(H,25,26)(H,20,21,23). The average molecular weight is 366 g/mol. The molecule has 27 heavy (non-hydrogen) atoms. The fourth-order valence-corrected chi connectivity index (χ4v) is 2.62. The maximum Gasteiger partial charge on any atom is 0.348 e. The first-order chi connectivity index (χ1) is 12.9. The lowest BCUT2D eigenvalue weighted by atomic mass is 10.2. The van der Waals surface area contributed by atoms with Gasteiger partial charge in [0.25, 0.3) is 0 Å². The number of nitrogens with zero attached hydrogens (tertiary/aromatic N) is 5. The summed E-state index contributed by atoms with van der Waals surface area (Å²) in [7, 11) is 0. The van der Waals surface area contributed by atoms with Gasteiger partial charge in [-0.2, -0.15) is 4.98 Å². The van der Waals surface area contributed by atoms with Gasteiger partial charge in [0.05, 0.1) is 17.0 Å². The van der Waals surface area contributed by atoms with E-state index in [-0.39, 0.29) is 11.3 Å². The Balaban J connectivity index is 1.73. The van der Waals surface area contributed by atoms with Gasteiger partial charge in [-0.3, -0.25) is 9.55 Å². The molecule has 3 aromatic heterocycles. The summed E-state index contributed by atoms with van der Waals surface area (Å²) in [6.07, 6.45) is 2.98. The summed E-state index contributed by atoms with van der Waals surface area (Å²) in [6.45, 7) is 4.48. The Bertz CT molecular complexity index is 1050. The van der Waals surface area contributed by atoms with Crippen LogP contribution in [0.4, 0.5) is 5.95 Å². The minimum atomic E-state index is -1.03. The topological polar surface area (TPSA) is 123 Å². The molecule has 0 aromatic carbocycles. The number of hydrogen-bond acceptors (Lipinski definition) is 7. The summed E-state index contributed by atoms with van der Waals surface area (Å²) in [5, 5.41) is 12.1. The van der Waals surface area contributed by atoms with Crippen molar-refractivity contribution in [1.82, 2.24) is 24.5 Å². The highest BCUT2D eigenvalue weighted by Crippen LogP contribution is 2.16. The minimum absolute atomic E-state index is 0.134. The maximum atomic E-state index is 12.0. The van der Waals surface area contributed by atoms with E-state index in [0.717, 1.165) is 5.69 Å². The number of aromatic nitrogens is 5. The number of carboxylic acid groups (broad SMARTS) is 1. The summed E-state index contributed by atoms with van der Waals surface area (Å²) < 4.78 is 1.57. The summed E-state index contributed by atoms with van der Waals surface area (Å²) in [5.74, 6) is -0.667. The maximum absolute atomic E-state index is 12.0. The van der Waals surface area contributed by atoms with Crippen molar-refractivity contribution in [1.29, 1.82) is 0 Å². The van der Waals surface area contributed by atoms with Gasteiger partial charge in [-0.1, -0.05) is 0 Å². The SMILES string of the molecule is Cc1cc(C)n(CCNc2nccc(-c3cc(C(=O)O)ccn3)n2)c(=O)n1. The Hall–Kier alpha value is -3.62. The molecule has 9 heteroatoms. The molecule has 0 unspecified atom stereocenters. The lowest BCUT2D eigenvalue weighted by Crippen LogP contribution is -2.28. The van der Waals surface area contributed by atoms with Crippen molar-refractivity contribution >= 4 is 11.9 Å². The molecule has 3 heterocycles. The predicted octanol–water partition coefficient (Wildman–Crippen LogP) is 1.52. The van der Waals surface area contributed by atoms with Gasteiger partial charge in [-0.05, 0) is 38.1 Å². The molecule has 0 aliphatic rings. The summed E-state index contributed by atoms with van der Waals surface area (Å²) in [5.41, 5.74) is 2.30. The second-order valence-corrected chi connectivity index (χ2v) is 5.90. The lowest BCUT2D eigenvalue weighted by Gasteiger charge is -2.11. The highest BCUT2D eigenvalue weighted by Gasteiger charge is 2.08. The van der Waals surface area contributed by atoms with Gasteiger partial charge in [0.2, 0.25) is 5.95 Å². The molecule has 0 radical (unpaired) electrons. The zero-order valence-electron chi connectivity index (χ0n) is 14.9. The number of pyridine rings is 1. The molecule has 138 valence electrons. The van der Waals surface area contributed by atoms with Crippen LogP contribution in [0.5, 0.6) is 0 Å². The van der Waals surface area contributed by atoms with Crippen LogP contribution in [0.2, 0.25) is 0 Å². The second kappa shape index (κ2) is 7.73. The Labute approximate surface area is 154 Å². The number of hydrogen-bond donors (Lipinski definition) is 2. The molecule has 0 saturated carbocycles. The third kappa shape index (κ3) is 4.32. The molecule has 0 bridgehead atoms. The molecule has 2 N–H and O–H groups in total. The quantitative estimate of drug-likeness (QED) is 0.673. The predicted molar refractivity (Wildman–Crippen MR) is 98.7 cm³/mol. The number of anilines is 1. The lowest BCUT2D eigenvalue weighted by molar-refractivity contribution is 0.0697. The molecule has 0 amide bonds. The Kier molecular flexibility index (Phi) is 5.20. The van der Waals surface area contributed by atoms with Gasteiger partial charge in [-0.25, -0.2) is 19.6 Å². The van der Waals surface area contributed by atoms with Crippen LogP contribution in [-0.4, -0.2) is 42.1 Å². The van der Waals surface area contributed by atoms with Gasteiger partial charge in [0.1, 0.15) is 0 Å². The highest BCUT2D eigenvalue weighted by atomic mass is 16.4. The van der Waals surface area contributed by atoms with Crippen LogP contribution >= 0.6 is 0 Å². The molecule has 0 aliphatic heterocycles. The normalized spacial score (nSPS) is 10.6. The van der Waals surface area contributed by atoms with Crippen molar-refractivity contribution in [2.75, 3.05) is 11.9 Å². The largest absolute Gasteiger partial charge is 0.478 e. The van der Waals surface area contributed by atoms with E-state index in [1.807, 2.05) is 13.0 Å². The van der Waals surface area contributed by atoms with Crippen LogP contribution in [0.3, 0.4) is 0 Å². The number of carboxylic acids is 1. The molecule has 0 fully saturated rings. The van der Waals surface area contributed by atoms with Crippen molar-refractivity contribution in [2.45, 2.75) is 20.4 Å². The van der Waals surface area contributed by atoms with E-state index in [2.05, 4.69) is 25.3 Å². The van der Waals surface area contributed by atoms with Crippen molar-refractivity contribution < 1.29 is 9.90 Å². The first-order valence-electron chi connectivity index (χ1n) is 8.26. The summed E-state index contributed by atoms with van der Waals surface area (Å²) >= 11 is 0. The number of nitrogens with one attached hydrogen (secondary N) is 1. The Morgan fingerprint density at radius 3 is 2.63 bits per heavy atom. The molecular formula is C18H18N6O3.